The second kappa shape index (κ2) is 5.18. The first-order valence-corrected chi connectivity index (χ1v) is 5.99. The first-order valence-electron chi connectivity index (χ1n) is 5.58. The SMILES string of the molecule is Cn1cccc1-c1n[nH]c(=S)n1CCCC(=O)O. The Balaban J connectivity index is 2.25. The van der Waals surface area contributed by atoms with Gasteiger partial charge in [0, 0.05) is 26.2 Å². The zero-order valence-corrected chi connectivity index (χ0v) is 10.8. The molecule has 96 valence electrons. The number of aliphatic carboxylic acids is 1. The van der Waals surface area contributed by atoms with Crippen LogP contribution in [0.25, 0.3) is 11.5 Å². The van der Waals surface area contributed by atoms with E-state index in [9.17, 15) is 4.79 Å². The fourth-order valence-corrected chi connectivity index (χ4v) is 2.03. The van der Waals surface area contributed by atoms with Crippen LogP contribution in [0.3, 0.4) is 0 Å². The summed E-state index contributed by atoms with van der Waals surface area (Å²) in [5.74, 6) is -0.0664. The molecule has 6 nitrogen and oxygen atoms in total. The van der Waals surface area contributed by atoms with Crippen LogP contribution in [0.5, 0.6) is 0 Å². The lowest BCUT2D eigenvalue weighted by atomic mass is 10.3. The van der Waals surface area contributed by atoms with Gasteiger partial charge in [0.2, 0.25) is 0 Å². The Morgan fingerprint density at radius 2 is 2.39 bits per heavy atom. The Morgan fingerprint density at radius 3 is 3.00 bits per heavy atom. The maximum absolute atomic E-state index is 10.5. The van der Waals surface area contributed by atoms with E-state index in [2.05, 4.69) is 10.2 Å². The third-order valence-electron chi connectivity index (χ3n) is 2.70. The molecule has 0 saturated heterocycles. The van der Waals surface area contributed by atoms with Crippen LogP contribution in [0.2, 0.25) is 0 Å². The van der Waals surface area contributed by atoms with E-state index >= 15 is 0 Å². The minimum absolute atomic E-state index is 0.125. The molecule has 0 unspecified atom stereocenters. The second-order valence-electron chi connectivity index (χ2n) is 4.01. The second-order valence-corrected chi connectivity index (χ2v) is 4.39. The van der Waals surface area contributed by atoms with Gasteiger partial charge < -0.3 is 9.67 Å². The minimum Gasteiger partial charge on any atom is -0.481 e. The molecule has 0 radical (unpaired) electrons. The van der Waals surface area contributed by atoms with Gasteiger partial charge in [-0.25, -0.2) is 0 Å². The normalized spacial score (nSPS) is 10.7. The first-order chi connectivity index (χ1) is 8.59. The molecule has 18 heavy (non-hydrogen) atoms. The van der Waals surface area contributed by atoms with Crippen LogP contribution in [0.15, 0.2) is 18.3 Å². The number of aryl methyl sites for hydroxylation is 1. The summed E-state index contributed by atoms with van der Waals surface area (Å²) in [6.45, 7) is 0.544. The summed E-state index contributed by atoms with van der Waals surface area (Å²) in [6.07, 6.45) is 2.58. The quantitative estimate of drug-likeness (QED) is 0.809. The van der Waals surface area contributed by atoms with E-state index in [-0.39, 0.29) is 6.42 Å². The molecular weight excluding hydrogens is 252 g/mol. The molecule has 0 aromatic carbocycles. The van der Waals surface area contributed by atoms with Gasteiger partial charge in [0.15, 0.2) is 10.6 Å². The van der Waals surface area contributed by atoms with Crippen LogP contribution < -0.4 is 0 Å². The molecule has 0 aliphatic carbocycles. The van der Waals surface area contributed by atoms with Crippen LogP contribution >= 0.6 is 12.2 Å². The van der Waals surface area contributed by atoms with Crippen molar-refractivity contribution in [2.24, 2.45) is 7.05 Å². The molecule has 2 aromatic rings. The van der Waals surface area contributed by atoms with Crippen molar-refractivity contribution in [2.45, 2.75) is 19.4 Å². The number of nitrogens with one attached hydrogen (secondary N) is 1. The number of aromatic nitrogens is 4. The van der Waals surface area contributed by atoms with Crippen LogP contribution in [-0.4, -0.2) is 30.4 Å². The average Bonchev–Trinajstić information content (AvgIpc) is 2.86. The molecule has 2 rings (SSSR count). The maximum Gasteiger partial charge on any atom is 0.303 e. The van der Waals surface area contributed by atoms with Crippen molar-refractivity contribution in [3.8, 4) is 11.5 Å². The fourth-order valence-electron chi connectivity index (χ4n) is 1.80. The standard InChI is InChI=1S/C11H14N4O2S/c1-14-6-2-4-8(14)10-12-13-11(18)15(10)7-3-5-9(16)17/h2,4,6H,3,5,7H2,1H3,(H,13,18)(H,16,17). The largest absolute Gasteiger partial charge is 0.481 e. The van der Waals surface area contributed by atoms with Gasteiger partial charge in [-0.05, 0) is 30.8 Å². The van der Waals surface area contributed by atoms with Crippen LogP contribution in [-0.2, 0) is 18.4 Å². The number of hydrogen-bond donors (Lipinski definition) is 2. The molecule has 2 aromatic heterocycles. The van der Waals surface area contributed by atoms with Gasteiger partial charge in [0.05, 0.1) is 5.69 Å². The monoisotopic (exact) mass is 266 g/mol. The number of aromatic amines is 1. The summed E-state index contributed by atoms with van der Waals surface area (Å²) in [5.41, 5.74) is 0.942. The van der Waals surface area contributed by atoms with Crippen LogP contribution in [0, 0.1) is 4.77 Å². The number of hydrogen-bond acceptors (Lipinski definition) is 3. The van der Waals surface area contributed by atoms with Gasteiger partial charge in [0.1, 0.15) is 0 Å². The number of carbonyl (C=O) groups is 1. The Morgan fingerprint density at radius 1 is 1.61 bits per heavy atom. The summed E-state index contributed by atoms with van der Waals surface area (Å²) < 4.78 is 4.28. The molecular formula is C11H14N4O2S. The van der Waals surface area contributed by atoms with E-state index in [0.717, 1.165) is 11.5 Å². The van der Waals surface area contributed by atoms with Crippen molar-refractivity contribution in [2.75, 3.05) is 0 Å². The lowest BCUT2D eigenvalue weighted by molar-refractivity contribution is -0.137. The van der Waals surface area contributed by atoms with Crippen molar-refractivity contribution in [1.82, 2.24) is 19.3 Å². The topological polar surface area (TPSA) is 75.8 Å². The highest BCUT2D eigenvalue weighted by molar-refractivity contribution is 7.71. The van der Waals surface area contributed by atoms with Gasteiger partial charge in [-0.2, -0.15) is 5.10 Å². The Labute approximate surface area is 109 Å². The number of carboxylic acids is 1. The van der Waals surface area contributed by atoms with Crippen molar-refractivity contribution < 1.29 is 9.90 Å². The molecule has 0 bridgehead atoms. The first kappa shape index (κ1) is 12.6. The highest BCUT2D eigenvalue weighted by atomic mass is 32.1. The summed E-state index contributed by atoms with van der Waals surface area (Å²) in [5, 5.41) is 15.6. The smallest absolute Gasteiger partial charge is 0.303 e. The van der Waals surface area contributed by atoms with E-state index in [1.807, 2.05) is 34.5 Å². The van der Waals surface area contributed by atoms with E-state index in [4.69, 9.17) is 17.3 Å². The molecule has 0 atom stereocenters. The zero-order chi connectivity index (χ0) is 13.1. The summed E-state index contributed by atoms with van der Waals surface area (Å²) >= 11 is 5.16. The average molecular weight is 266 g/mol. The third kappa shape index (κ3) is 2.51. The van der Waals surface area contributed by atoms with Crippen molar-refractivity contribution in [3.05, 3.63) is 23.1 Å². The van der Waals surface area contributed by atoms with Crippen molar-refractivity contribution in [1.29, 1.82) is 0 Å². The number of nitrogens with zero attached hydrogens (tertiary/aromatic N) is 3. The van der Waals surface area contributed by atoms with Crippen molar-refractivity contribution >= 4 is 18.2 Å². The fraction of sp³-hybridized carbons (Fsp3) is 0.364. The minimum atomic E-state index is -0.801. The molecule has 0 aliphatic rings. The molecule has 2 N–H and O–H groups in total. The Bertz CT molecular complexity index is 611. The van der Waals surface area contributed by atoms with Gasteiger partial charge in [-0.15, -0.1) is 0 Å². The van der Waals surface area contributed by atoms with Crippen molar-refractivity contribution in [3.63, 3.8) is 0 Å². The highest BCUT2D eigenvalue weighted by Gasteiger charge is 2.11. The lowest BCUT2D eigenvalue weighted by Crippen LogP contribution is -2.05. The molecule has 0 spiro atoms. The van der Waals surface area contributed by atoms with Crippen LogP contribution in [0.4, 0.5) is 0 Å². The third-order valence-corrected chi connectivity index (χ3v) is 3.02. The van der Waals surface area contributed by atoms with E-state index in [1.54, 1.807) is 0 Å². The van der Waals surface area contributed by atoms with E-state index < -0.39 is 5.97 Å². The molecule has 0 saturated carbocycles. The molecule has 0 amide bonds. The predicted molar refractivity (Wildman–Crippen MR) is 68.7 cm³/mol. The highest BCUT2D eigenvalue weighted by Crippen LogP contribution is 2.17. The summed E-state index contributed by atoms with van der Waals surface area (Å²) in [7, 11) is 1.93. The predicted octanol–water partition coefficient (Wildman–Crippen LogP) is 1.81. The van der Waals surface area contributed by atoms with Crippen LogP contribution in [0.1, 0.15) is 12.8 Å². The van der Waals surface area contributed by atoms with Gasteiger partial charge in [0.25, 0.3) is 0 Å². The molecule has 0 fully saturated rings. The number of carboxylic acid groups (broad SMARTS) is 1. The van der Waals surface area contributed by atoms with Gasteiger partial charge >= 0.3 is 5.97 Å². The zero-order valence-electron chi connectivity index (χ0n) is 9.96. The number of rotatable bonds is 5. The molecule has 7 heteroatoms. The Hall–Kier alpha value is -1.89. The maximum atomic E-state index is 10.5. The lowest BCUT2D eigenvalue weighted by Gasteiger charge is -2.06. The van der Waals surface area contributed by atoms with Gasteiger partial charge in [-0.3, -0.25) is 14.5 Å². The number of H-pyrrole nitrogens is 1. The summed E-state index contributed by atoms with van der Waals surface area (Å²) in [6, 6.07) is 3.87. The molecule has 0 aliphatic heterocycles. The Kier molecular flexibility index (Phi) is 3.61. The van der Waals surface area contributed by atoms with E-state index in [1.165, 1.54) is 0 Å². The van der Waals surface area contributed by atoms with E-state index in [0.29, 0.717) is 17.7 Å². The summed E-state index contributed by atoms with van der Waals surface area (Å²) in [4.78, 5) is 10.5. The molecule has 2 heterocycles. The van der Waals surface area contributed by atoms with Gasteiger partial charge in [-0.1, -0.05) is 0 Å².